The second kappa shape index (κ2) is 10.5. The van der Waals surface area contributed by atoms with E-state index in [1.807, 2.05) is 30.3 Å². The number of amides is 2. The van der Waals surface area contributed by atoms with E-state index in [0.717, 1.165) is 10.8 Å². The van der Waals surface area contributed by atoms with Crippen LogP contribution < -0.4 is 20.2 Å². The minimum absolute atomic E-state index is 0.106. The molecule has 0 aliphatic heterocycles. The predicted molar refractivity (Wildman–Crippen MR) is 120 cm³/mol. The van der Waals surface area contributed by atoms with Crippen LogP contribution in [0.2, 0.25) is 0 Å². The summed E-state index contributed by atoms with van der Waals surface area (Å²) in [5.41, 5.74) is 3.52. The third kappa shape index (κ3) is 5.61. The number of rotatable bonds is 8. The highest BCUT2D eigenvalue weighted by Gasteiger charge is 2.12. The molecular formula is C24H21N3O4. The van der Waals surface area contributed by atoms with Gasteiger partial charge in [-0.25, -0.2) is 5.43 Å². The fourth-order valence-corrected chi connectivity index (χ4v) is 2.95. The molecule has 0 radical (unpaired) electrons. The van der Waals surface area contributed by atoms with Gasteiger partial charge in [0.2, 0.25) is 11.8 Å². The van der Waals surface area contributed by atoms with Crippen molar-refractivity contribution in [3.8, 4) is 23.8 Å². The molecule has 0 heterocycles. The number of para-hydroxylation sites is 2. The molecule has 0 aliphatic rings. The number of nitrogens with zero attached hydrogens (tertiary/aromatic N) is 1. The van der Waals surface area contributed by atoms with Crippen LogP contribution in [0.5, 0.6) is 11.5 Å². The summed E-state index contributed by atoms with van der Waals surface area (Å²) in [7, 11) is 1.50. The van der Waals surface area contributed by atoms with Crippen molar-refractivity contribution in [2.75, 3.05) is 19.0 Å². The zero-order valence-corrected chi connectivity index (χ0v) is 16.9. The number of benzene rings is 3. The number of hydrogen-bond acceptors (Lipinski definition) is 5. The van der Waals surface area contributed by atoms with Crippen LogP contribution in [0.25, 0.3) is 10.8 Å². The zero-order chi connectivity index (χ0) is 22.1. The number of carbonyl (C=O) groups is 2. The normalized spacial score (nSPS) is 10.5. The van der Waals surface area contributed by atoms with Crippen molar-refractivity contribution in [3.63, 3.8) is 0 Å². The van der Waals surface area contributed by atoms with E-state index in [-0.39, 0.29) is 6.61 Å². The molecule has 0 saturated heterocycles. The highest BCUT2D eigenvalue weighted by Crippen LogP contribution is 2.26. The summed E-state index contributed by atoms with van der Waals surface area (Å²) in [6, 6.07) is 18.3. The van der Waals surface area contributed by atoms with Crippen molar-refractivity contribution in [3.05, 3.63) is 66.2 Å². The van der Waals surface area contributed by atoms with Crippen molar-refractivity contribution >= 4 is 34.5 Å². The number of nitrogens with one attached hydrogen (secondary N) is 2. The number of ether oxygens (including phenoxy) is 2. The minimum Gasteiger partial charge on any atom is -0.495 e. The van der Waals surface area contributed by atoms with Gasteiger partial charge in [-0.3, -0.25) is 9.59 Å². The van der Waals surface area contributed by atoms with Gasteiger partial charge < -0.3 is 14.8 Å². The van der Waals surface area contributed by atoms with Crippen LogP contribution in [0.15, 0.2) is 65.8 Å². The summed E-state index contributed by atoms with van der Waals surface area (Å²) in [5.74, 6) is 2.43. The Kier molecular flexibility index (Phi) is 7.22. The van der Waals surface area contributed by atoms with E-state index in [1.54, 1.807) is 30.3 Å². The summed E-state index contributed by atoms with van der Waals surface area (Å²) in [6.07, 6.45) is 6.37. The third-order valence-electron chi connectivity index (χ3n) is 4.33. The third-order valence-corrected chi connectivity index (χ3v) is 4.33. The van der Waals surface area contributed by atoms with Crippen LogP contribution in [0.1, 0.15) is 12.0 Å². The van der Waals surface area contributed by atoms with E-state index in [9.17, 15) is 9.59 Å². The highest BCUT2D eigenvalue weighted by atomic mass is 16.5. The first kappa shape index (κ1) is 21.4. The molecule has 31 heavy (non-hydrogen) atoms. The second-order valence-corrected chi connectivity index (χ2v) is 6.41. The highest BCUT2D eigenvalue weighted by molar-refractivity contribution is 6.05. The number of fused-ring (bicyclic) bond motifs is 1. The van der Waals surface area contributed by atoms with E-state index in [2.05, 4.69) is 21.8 Å². The standard InChI is InChI=1S/C24H21N3O4/c1-3-14-31-21-13-12-17-8-4-5-9-18(17)19(21)16-25-27-24(29)15-23(28)26-20-10-6-7-11-22(20)30-2/h1,4-13,16H,14-15H2,2H3,(H,26,28)(H,27,29). The molecule has 0 unspecified atom stereocenters. The van der Waals surface area contributed by atoms with Crippen molar-refractivity contribution in [1.82, 2.24) is 5.43 Å². The molecule has 156 valence electrons. The largest absolute Gasteiger partial charge is 0.495 e. The quantitative estimate of drug-likeness (QED) is 0.256. The van der Waals surface area contributed by atoms with Gasteiger partial charge in [0.15, 0.2) is 0 Å². The first-order chi connectivity index (χ1) is 15.1. The smallest absolute Gasteiger partial charge is 0.249 e. The van der Waals surface area contributed by atoms with Gasteiger partial charge in [0.1, 0.15) is 24.5 Å². The van der Waals surface area contributed by atoms with E-state index in [1.165, 1.54) is 13.3 Å². The van der Waals surface area contributed by atoms with Gasteiger partial charge in [0, 0.05) is 5.56 Å². The van der Waals surface area contributed by atoms with Gasteiger partial charge in [-0.2, -0.15) is 5.10 Å². The molecule has 0 saturated carbocycles. The molecule has 0 aromatic heterocycles. The number of hydrogen-bond donors (Lipinski definition) is 2. The molecule has 2 N–H and O–H groups in total. The molecule has 7 heteroatoms. The molecule has 0 fully saturated rings. The number of anilines is 1. The van der Waals surface area contributed by atoms with E-state index >= 15 is 0 Å². The lowest BCUT2D eigenvalue weighted by atomic mass is 10.0. The molecule has 0 bridgehead atoms. The van der Waals surface area contributed by atoms with Crippen LogP contribution in [-0.4, -0.2) is 31.7 Å². The monoisotopic (exact) mass is 415 g/mol. The Labute approximate surface area is 180 Å². The SMILES string of the molecule is C#CCOc1ccc2ccccc2c1C=NNC(=O)CC(=O)Nc1ccccc1OC. The molecule has 0 spiro atoms. The van der Waals surface area contributed by atoms with Gasteiger partial charge in [-0.05, 0) is 29.0 Å². The van der Waals surface area contributed by atoms with Crippen LogP contribution in [0.4, 0.5) is 5.69 Å². The molecule has 3 aromatic rings. The summed E-state index contributed by atoms with van der Waals surface area (Å²) in [5, 5.41) is 8.51. The number of carbonyl (C=O) groups excluding carboxylic acids is 2. The van der Waals surface area contributed by atoms with E-state index in [0.29, 0.717) is 22.7 Å². The van der Waals surface area contributed by atoms with Gasteiger partial charge >= 0.3 is 0 Å². The molecule has 7 nitrogen and oxygen atoms in total. The Morgan fingerprint density at radius 1 is 1.03 bits per heavy atom. The van der Waals surface area contributed by atoms with Crippen molar-refractivity contribution in [2.45, 2.75) is 6.42 Å². The summed E-state index contributed by atoms with van der Waals surface area (Å²) in [6.45, 7) is 0.106. The Morgan fingerprint density at radius 2 is 1.81 bits per heavy atom. The Morgan fingerprint density at radius 3 is 2.61 bits per heavy atom. The fraction of sp³-hybridized carbons (Fsp3) is 0.125. The first-order valence-corrected chi connectivity index (χ1v) is 9.45. The van der Waals surface area contributed by atoms with Gasteiger partial charge in [-0.15, -0.1) is 6.42 Å². The van der Waals surface area contributed by atoms with Crippen LogP contribution >= 0.6 is 0 Å². The maximum absolute atomic E-state index is 12.2. The lowest BCUT2D eigenvalue weighted by Crippen LogP contribution is -2.24. The predicted octanol–water partition coefficient (Wildman–Crippen LogP) is 3.34. The lowest BCUT2D eigenvalue weighted by molar-refractivity contribution is -0.126. The molecule has 3 aromatic carbocycles. The van der Waals surface area contributed by atoms with Crippen LogP contribution in [0, 0.1) is 12.3 Å². The van der Waals surface area contributed by atoms with Gasteiger partial charge in [-0.1, -0.05) is 48.4 Å². The zero-order valence-electron chi connectivity index (χ0n) is 16.9. The fourth-order valence-electron chi connectivity index (χ4n) is 2.95. The first-order valence-electron chi connectivity index (χ1n) is 9.45. The van der Waals surface area contributed by atoms with Crippen LogP contribution in [0.3, 0.4) is 0 Å². The van der Waals surface area contributed by atoms with Crippen LogP contribution in [-0.2, 0) is 9.59 Å². The second-order valence-electron chi connectivity index (χ2n) is 6.41. The average Bonchev–Trinajstić information content (AvgIpc) is 2.78. The summed E-state index contributed by atoms with van der Waals surface area (Å²) in [4.78, 5) is 24.3. The topological polar surface area (TPSA) is 89.0 Å². The van der Waals surface area contributed by atoms with Crippen molar-refractivity contribution in [1.29, 1.82) is 0 Å². The molecular weight excluding hydrogens is 394 g/mol. The molecule has 0 aliphatic carbocycles. The average molecular weight is 415 g/mol. The lowest BCUT2D eigenvalue weighted by Gasteiger charge is -2.10. The Bertz CT molecular complexity index is 1160. The molecule has 2 amide bonds. The number of methoxy groups -OCH3 is 1. The van der Waals surface area contributed by atoms with E-state index in [4.69, 9.17) is 15.9 Å². The minimum atomic E-state index is -0.560. The molecule has 3 rings (SSSR count). The van der Waals surface area contributed by atoms with Gasteiger partial charge in [0.05, 0.1) is 19.0 Å². The molecule has 0 atom stereocenters. The van der Waals surface area contributed by atoms with Gasteiger partial charge in [0.25, 0.3) is 0 Å². The maximum Gasteiger partial charge on any atom is 0.249 e. The number of terminal acetylenes is 1. The number of hydrazone groups is 1. The Balaban J connectivity index is 1.67. The summed E-state index contributed by atoms with van der Waals surface area (Å²) >= 11 is 0. The van der Waals surface area contributed by atoms with E-state index < -0.39 is 18.2 Å². The Hall–Kier alpha value is -4.31. The maximum atomic E-state index is 12.2. The summed E-state index contributed by atoms with van der Waals surface area (Å²) < 4.78 is 10.8. The van der Waals surface area contributed by atoms with Crippen molar-refractivity contribution < 1.29 is 19.1 Å². The van der Waals surface area contributed by atoms with Crippen molar-refractivity contribution in [2.24, 2.45) is 5.10 Å².